The van der Waals surface area contributed by atoms with Gasteiger partial charge >= 0.3 is 6.18 Å². The van der Waals surface area contributed by atoms with Gasteiger partial charge in [0.15, 0.2) is 5.96 Å². The minimum Gasteiger partial charge on any atom is -0.355 e. The van der Waals surface area contributed by atoms with Crippen LogP contribution < -0.4 is 5.32 Å². The second kappa shape index (κ2) is 8.19. The van der Waals surface area contributed by atoms with Gasteiger partial charge in [-0.2, -0.15) is 13.2 Å². The lowest BCUT2D eigenvalue weighted by atomic mass is 10.2. The summed E-state index contributed by atoms with van der Waals surface area (Å²) in [7, 11) is 3.21. The predicted molar refractivity (Wildman–Crippen MR) is 85.7 cm³/mol. The van der Waals surface area contributed by atoms with Crippen molar-refractivity contribution in [3.05, 3.63) is 0 Å². The SMILES string of the molecule is CN=C(NCCN(C)CC(F)(F)F)N1CCC(N2CCCC2)C1. The van der Waals surface area contributed by atoms with E-state index in [0.29, 0.717) is 19.1 Å². The van der Waals surface area contributed by atoms with E-state index in [2.05, 4.69) is 20.1 Å². The minimum atomic E-state index is -4.14. The van der Waals surface area contributed by atoms with Crippen LogP contribution in [0, 0.1) is 0 Å². The zero-order valence-electron chi connectivity index (χ0n) is 14.1. The van der Waals surface area contributed by atoms with E-state index in [9.17, 15) is 13.2 Å². The average Bonchev–Trinajstić information content (AvgIpc) is 3.11. The largest absolute Gasteiger partial charge is 0.401 e. The molecule has 0 aromatic heterocycles. The van der Waals surface area contributed by atoms with E-state index in [4.69, 9.17) is 0 Å². The molecule has 0 aromatic rings. The Morgan fingerprint density at radius 2 is 1.96 bits per heavy atom. The maximum Gasteiger partial charge on any atom is 0.401 e. The first-order valence-electron chi connectivity index (χ1n) is 8.34. The molecule has 0 saturated carbocycles. The van der Waals surface area contributed by atoms with E-state index in [1.807, 2.05) is 0 Å². The zero-order valence-corrected chi connectivity index (χ0v) is 14.1. The summed E-state index contributed by atoms with van der Waals surface area (Å²) in [5.41, 5.74) is 0. The number of halogens is 3. The van der Waals surface area contributed by atoms with Crippen LogP contribution in [0.15, 0.2) is 4.99 Å². The summed E-state index contributed by atoms with van der Waals surface area (Å²) in [5.74, 6) is 0.798. The first kappa shape index (κ1) is 18.3. The van der Waals surface area contributed by atoms with Gasteiger partial charge in [-0.25, -0.2) is 0 Å². The lowest BCUT2D eigenvalue weighted by molar-refractivity contribution is -0.142. The van der Waals surface area contributed by atoms with Crippen molar-refractivity contribution in [2.45, 2.75) is 31.5 Å². The number of nitrogens with one attached hydrogen (secondary N) is 1. The number of alkyl halides is 3. The maximum absolute atomic E-state index is 12.3. The van der Waals surface area contributed by atoms with Crippen LogP contribution in [0.2, 0.25) is 0 Å². The van der Waals surface area contributed by atoms with E-state index in [0.717, 1.165) is 25.5 Å². The van der Waals surface area contributed by atoms with Gasteiger partial charge in [0.2, 0.25) is 0 Å². The highest BCUT2D eigenvalue weighted by atomic mass is 19.4. The number of likely N-dealkylation sites (N-methyl/N-ethyl adjacent to an activating group) is 1. The Bertz CT molecular complexity index is 393. The Kier molecular flexibility index (Phi) is 6.52. The number of hydrogen-bond donors (Lipinski definition) is 1. The van der Waals surface area contributed by atoms with Crippen molar-refractivity contribution in [2.75, 3.05) is 59.9 Å². The second-order valence-electron chi connectivity index (χ2n) is 6.46. The summed E-state index contributed by atoms with van der Waals surface area (Å²) in [6, 6.07) is 0.587. The van der Waals surface area contributed by atoms with Gasteiger partial charge in [-0.1, -0.05) is 0 Å². The van der Waals surface area contributed by atoms with Crippen LogP contribution in [0.25, 0.3) is 0 Å². The number of likely N-dealkylation sites (tertiary alicyclic amines) is 2. The van der Waals surface area contributed by atoms with E-state index < -0.39 is 12.7 Å². The standard InChI is InChI=1S/C15H28F3N5/c1-19-14(20-6-10-21(2)12-15(16,17)18)23-9-5-13(11-23)22-7-3-4-8-22/h13H,3-12H2,1-2H3,(H,19,20). The number of nitrogens with zero attached hydrogens (tertiary/aromatic N) is 4. The van der Waals surface area contributed by atoms with Crippen LogP contribution in [-0.2, 0) is 0 Å². The van der Waals surface area contributed by atoms with Crippen molar-refractivity contribution < 1.29 is 13.2 Å². The molecule has 0 spiro atoms. The topological polar surface area (TPSA) is 34.1 Å². The summed E-state index contributed by atoms with van der Waals surface area (Å²) in [6.45, 7) is 4.21. The summed E-state index contributed by atoms with van der Waals surface area (Å²) < 4.78 is 36.9. The Balaban J connectivity index is 1.71. The quantitative estimate of drug-likeness (QED) is 0.605. The fourth-order valence-electron chi connectivity index (χ4n) is 3.41. The van der Waals surface area contributed by atoms with Gasteiger partial charge in [-0.15, -0.1) is 0 Å². The van der Waals surface area contributed by atoms with E-state index in [1.165, 1.54) is 37.9 Å². The molecular formula is C15H28F3N5. The highest BCUT2D eigenvalue weighted by molar-refractivity contribution is 5.80. The van der Waals surface area contributed by atoms with Crippen molar-refractivity contribution in [3.8, 4) is 0 Å². The van der Waals surface area contributed by atoms with E-state index in [-0.39, 0.29) is 0 Å². The van der Waals surface area contributed by atoms with Gasteiger partial charge in [-0.05, 0) is 39.4 Å². The van der Waals surface area contributed by atoms with Crippen molar-refractivity contribution in [3.63, 3.8) is 0 Å². The van der Waals surface area contributed by atoms with Crippen LogP contribution in [0.5, 0.6) is 0 Å². The molecule has 0 radical (unpaired) electrons. The molecule has 134 valence electrons. The molecule has 2 rings (SSSR count). The maximum atomic E-state index is 12.3. The summed E-state index contributed by atoms with van der Waals surface area (Å²) in [6.07, 6.45) is -0.437. The predicted octanol–water partition coefficient (Wildman–Crippen LogP) is 1.23. The molecule has 0 aliphatic carbocycles. The number of rotatable bonds is 5. The molecule has 2 fully saturated rings. The highest BCUT2D eigenvalue weighted by Gasteiger charge is 2.31. The molecular weight excluding hydrogens is 307 g/mol. The fraction of sp³-hybridized carbons (Fsp3) is 0.933. The summed E-state index contributed by atoms with van der Waals surface area (Å²) >= 11 is 0. The fourth-order valence-corrected chi connectivity index (χ4v) is 3.41. The Labute approximate surface area is 136 Å². The molecule has 0 bridgehead atoms. The van der Waals surface area contributed by atoms with Crippen LogP contribution >= 0.6 is 0 Å². The van der Waals surface area contributed by atoms with Gasteiger partial charge in [0.25, 0.3) is 0 Å². The second-order valence-corrected chi connectivity index (χ2v) is 6.46. The molecule has 8 heteroatoms. The molecule has 1 unspecified atom stereocenters. The zero-order chi connectivity index (χ0) is 16.9. The third-order valence-corrected chi connectivity index (χ3v) is 4.56. The third-order valence-electron chi connectivity index (χ3n) is 4.56. The van der Waals surface area contributed by atoms with Crippen molar-refractivity contribution in [1.29, 1.82) is 0 Å². The van der Waals surface area contributed by atoms with Crippen molar-refractivity contribution in [1.82, 2.24) is 20.0 Å². The summed E-state index contributed by atoms with van der Waals surface area (Å²) in [4.78, 5) is 10.3. The average molecular weight is 335 g/mol. The van der Waals surface area contributed by atoms with Crippen molar-refractivity contribution >= 4 is 5.96 Å². The van der Waals surface area contributed by atoms with Crippen LogP contribution in [0.3, 0.4) is 0 Å². The van der Waals surface area contributed by atoms with Crippen LogP contribution in [0.4, 0.5) is 13.2 Å². The van der Waals surface area contributed by atoms with Gasteiger partial charge in [0.1, 0.15) is 0 Å². The van der Waals surface area contributed by atoms with Crippen molar-refractivity contribution in [2.24, 2.45) is 4.99 Å². The number of guanidine groups is 1. The number of aliphatic imine (C=N–C) groups is 1. The van der Waals surface area contributed by atoms with Gasteiger partial charge < -0.3 is 10.2 Å². The Morgan fingerprint density at radius 1 is 1.26 bits per heavy atom. The molecule has 0 aromatic carbocycles. The normalized spacial score (nSPS) is 24.0. The molecule has 5 nitrogen and oxygen atoms in total. The first-order valence-corrected chi connectivity index (χ1v) is 8.34. The molecule has 2 aliphatic rings. The first-order chi connectivity index (χ1) is 10.9. The van der Waals surface area contributed by atoms with Crippen LogP contribution in [0.1, 0.15) is 19.3 Å². The molecule has 2 aliphatic heterocycles. The summed E-state index contributed by atoms with van der Waals surface area (Å²) in [5, 5.41) is 3.19. The third kappa shape index (κ3) is 5.84. The van der Waals surface area contributed by atoms with E-state index >= 15 is 0 Å². The molecule has 0 amide bonds. The molecule has 2 saturated heterocycles. The van der Waals surface area contributed by atoms with Gasteiger partial charge in [0.05, 0.1) is 6.54 Å². The number of hydrogen-bond acceptors (Lipinski definition) is 3. The molecule has 1 atom stereocenters. The molecule has 1 N–H and O–H groups in total. The van der Waals surface area contributed by atoms with E-state index in [1.54, 1.807) is 7.05 Å². The molecule has 2 heterocycles. The Morgan fingerprint density at radius 3 is 2.57 bits per heavy atom. The van der Waals surface area contributed by atoms with Gasteiger partial charge in [0, 0.05) is 39.3 Å². The molecule has 23 heavy (non-hydrogen) atoms. The highest BCUT2D eigenvalue weighted by Crippen LogP contribution is 2.20. The lowest BCUT2D eigenvalue weighted by Gasteiger charge is -2.26. The minimum absolute atomic E-state index is 0.335. The Hall–Kier alpha value is -1.02. The van der Waals surface area contributed by atoms with Gasteiger partial charge in [-0.3, -0.25) is 14.8 Å². The lowest BCUT2D eigenvalue weighted by Crippen LogP contribution is -2.45. The smallest absolute Gasteiger partial charge is 0.355 e. The monoisotopic (exact) mass is 335 g/mol. The van der Waals surface area contributed by atoms with Crippen LogP contribution in [-0.4, -0.2) is 92.8 Å².